The highest BCUT2D eigenvalue weighted by atomic mass is 19.1. The summed E-state index contributed by atoms with van der Waals surface area (Å²) in [5.74, 6) is -0.701. The number of amides is 2. The van der Waals surface area contributed by atoms with E-state index < -0.39 is 5.82 Å². The first-order chi connectivity index (χ1) is 12.0. The van der Waals surface area contributed by atoms with E-state index in [1.165, 1.54) is 18.2 Å². The van der Waals surface area contributed by atoms with E-state index in [0.717, 1.165) is 0 Å². The molecule has 2 aromatic rings. The van der Waals surface area contributed by atoms with E-state index in [1.54, 1.807) is 38.1 Å². The molecule has 0 radical (unpaired) electrons. The van der Waals surface area contributed by atoms with Crippen LogP contribution >= 0.6 is 0 Å². The van der Waals surface area contributed by atoms with Crippen LogP contribution in [0.2, 0.25) is 0 Å². The predicted octanol–water partition coefficient (Wildman–Crippen LogP) is 3.37. The summed E-state index contributed by atoms with van der Waals surface area (Å²) < 4.78 is 18.6. The Bertz CT molecular complexity index is 735. The lowest BCUT2D eigenvalue weighted by Crippen LogP contribution is -2.35. The molecule has 0 saturated heterocycles. The normalized spacial score (nSPS) is 11.5. The third kappa shape index (κ3) is 5.60. The summed E-state index contributed by atoms with van der Waals surface area (Å²) in [5, 5.41) is 5.46. The molecule has 6 heteroatoms. The number of halogens is 1. The van der Waals surface area contributed by atoms with E-state index in [0.29, 0.717) is 17.9 Å². The summed E-state index contributed by atoms with van der Waals surface area (Å²) in [5.41, 5.74) is 0.932. The minimum Gasteiger partial charge on any atom is -0.492 e. The van der Waals surface area contributed by atoms with Crippen LogP contribution in [0.25, 0.3) is 0 Å². The number of benzene rings is 2. The Kier molecular flexibility index (Phi) is 6.51. The van der Waals surface area contributed by atoms with Gasteiger partial charge < -0.3 is 15.4 Å². The molecule has 0 fully saturated rings. The zero-order valence-corrected chi connectivity index (χ0v) is 14.2. The van der Waals surface area contributed by atoms with E-state index >= 15 is 0 Å². The second kappa shape index (κ2) is 8.82. The largest absolute Gasteiger partial charge is 0.492 e. The van der Waals surface area contributed by atoms with E-state index in [4.69, 9.17) is 4.74 Å². The standard InChI is InChI=1S/C19H21FN2O3/c1-3-25-17-12-15(20)9-10-16(17)22-18(23)11-13(2)21-19(24)14-7-5-4-6-8-14/h4-10,12-13H,3,11H2,1-2H3,(H,21,24)(H,22,23). The van der Waals surface area contributed by atoms with Gasteiger partial charge >= 0.3 is 0 Å². The van der Waals surface area contributed by atoms with Crippen LogP contribution < -0.4 is 15.4 Å². The van der Waals surface area contributed by atoms with Crippen molar-refractivity contribution < 1.29 is 18.7 Å². The fourth-order valence-corrected chi connectivity index (χ4v) is 2.30. The topological polar surface area (TPSA) is 67.4 Å². The van der Waals surface area contributed by atoms with Gasteiger partial charge in [0, 0.05) is 24.1 Å². The van der Waals surface area contributed by atoms with Gasteiger partial charge in [-0.3, -0.25) is 9.59 Å². The second-order valence-corrected chi connectivity index (χ2v) is 5.57. The van der Waals surface area contributed by atoms with Gasteiger partial charge in [-0.25, -0.2) is 4.39 Å². The highest BCUT2D eigenvalue weighted by Crippen LogP contribution is 2.25. The summed E-state index contributed by atoms with van der Waals surface area (Å²) in [6.45, 7) is 3.88. The van der Waals surface area contributed by atoms with Crippen LogP contribution in [0, 0.1) is 5.82 Å². The van der Waals surface area contributed by atoms with Gasteiger partial charge in [0.15, 0.2) is 0 Å². The molecule has 25 heavy (non-hydrogen) atoms. The highest BCUT2D eigenvalue weighted by Gasteiger charge is 2.15. The molecule has 0 bridgehead atoms. The van der Waals surface area contributed by atoms with E-state index in [9.17, 15) is 14.0 Å². The average Bonchev–Trinajstić information content (AvgIpc) is 2.58. The van der Waals surface area contributed by atoms with Gasteiger partial charge in [-0.2, -0.15) is 0 Å². The Labute approximate surface area is 146 Å². The minimum absolute atomic E-state index is 0.0848. The van der Waals surface area contributed by atoms with Crippen LogP contribution in [0.4, 0.5) is 10.1 Å². The van der Waals surface area contributed by atoms with Crippen LogP contribution in [-0.4, -0.2) is 24.5 Å². The molecule has 0 aliphatic rings. The van der Waals surface area contributed by atoms with Crippen molar-refractivity contribution in [2.24, 2.45) is 0 Å². The van der Waals surface area contributed by atoms with Gasteiger partial charge in [0.1, 0.15) is 11.6 Å². The van der Waals surface area contributed by atoms with Crippen molar-refractivity contribution in [2.45, 2.75) is 26.3 Å². The number of anilines is 1. The molecule has 2 amide bonds. The zero-order valence-electron chi connectivity index (χ0n) is 14.2. The molecule has 5 nitrogen and oxygen atoms in total. The van der Waals surface area contributed by atoms with Crippen molar-refractivity contribution in [3.8, 4) is 5.75 Å². The summed E-state index contributed by atoms with van der Waals surface area (Å²) >= 11 is 0. The Morgan fingerprint density at radius 1 is 1.16 bits per heavy atom. The first kappa shape index (κ1) is 18.4. The third-order valence-electron chi connectivity index (χ3n) is 3.42. The van der Waals surface area contributed by atoms with Crippen molar-refractivity contribution in [1.29, 1.82) is 0 Å². The lowest BCUT2D eigenvalue weighted by atomic mass is 10.1. The molecule has 132 valence electrons. The SMILES string of the molecule is CCOc1cc(F)ccc1NC(=O)CC(C)NC(=O)c1ccccc1. The first-order valence-corrected chi connectivity index (χ1v) is 8.07. The third-order valence-corrected chi connectivity index (χ3v) is 3.42. The second-order valence-electron chi connectivity index (χ2n) is 5.57. The Balaban J connectivity index is 1.92. The molecule has 0 saturated carbocycles. The maximum atomic E-state index is 13.3. The minimum atomic E-state index is -0.440. The highest BCUT2D eigenvalue weighted by molar-refractivity contribution is 5.96. The van der Waals surface area contributed by atoms with Crippen molar-refractivity contribution in [1.82, 2.24) is 5.32 Å². The predicted molar refractivity (Wildman–Crippen MR) is 94.2 cm³/mol. The molecular weight excluding hydrogens is 323 g/mol. The van der Waals surface area contributed by atoms with Crippen molar-refractivity contribution in [3.05, 3.63) is 59.9 Å². The maximum Gasteiger partial charge on any atom is 0.251 e. The van der Waals surface area contributed by atoms with E-state index in [1.807, 2.05) is 6.07 Å². The molecule has 2 N–H and O–H groups in total. The molecular formula is C19H21FN2O3. The number of nitrogens with one attached hydrogen (secondary N) is 2. The number of carbonyl (C=O) groups is 2. The average molecular weight is 344 g/mol. The van der Waals surface area contributed by atoms with E-state index in [2.05, 4.69) is 10.6 Å². The molecule has 0 spiro atoms. The van der Waals surface area contributed by atoms with Crippen LogP contribution in [0.1, 0.15) is 30.6 Å². The summed E-state index contributed by atoms with van der Waals surface area (Å²) in [4.78, 5) is 24.2. The Morgan fingerprint density at radius 3 is 2.56 bits per heavy atom. The van der Waals surface area contributed by atoms with Gasteiger partial charge in [0.2, 0.25) is 5.91 Å². The van der Waals surface area contributed by atoms with E-state index in [-0.39, 0.29) is 30.0 Å². The fourth-order valence-electron chi connectivity index (χ4n) is 2.30. The maximum absolute atomic E-state index is 13.3. The molecule has 2 rings (SSSR count). The Hall–Kier alpha value is -2.89. The quantitative estimate of drug-likeness (QED) is 0.809. The Morgan fingerprint density at radius 2 is 1.88 bits per heavy atom. The fraction of sp³-hybridized carbons (Fsp3) is 0.263. The lowest BCUT2D eigenvalue weighted by Gasteiger charge is -2.15. The van der Waals surface area contributed by atoms with Crippen molar-refractivity contribution in [2.75, 3.05) is 11.9 Å². The van der Waals surface area contributed by atoms with Gasteiger partial charge in [-0.1, -0.05) is 18.2 Å². The van der Waals surface area contributed by atoms with Crippen LogP contribution in [0.5, 0.6) is 5.75 Å². The number of hydrogen-bond donors (Lipinski definition) is 2. The summed E-state index contributed by atoms with van der Waals surface area (Å²) in [6, 6.07) is 12.3. The molecule has 0 aromatic heterocycles. The molecule has 2 aromatic carbocycles. The van der Waals surface area contributed by atoms with Crippen molar-refractivity contribution >= 4 is 17.5 Å². The van der Waals surface area contributed by atoms with Crippen LogP contribution in [-0.2, 0) is 4.79 Å². The number of rotatable bonds is 7. The molecule has 0 aliphatic carbocycles. The number of hydrogen-bond acceptors (Lipinski definition) is 3. The molecule has 1 atom stereocenters. The molecule has 0 heterocycles. The summed E-state index contributed by atoms with van der Waals surface area (Å²) in [6.07, 6.45) is 0.0848. The zero-order chi connectivity index (χ0) is 18.2. The van der Waals surface area contributed by atoms with Gasteiger partial charge in [0.05, 0.1) is 12.3 Å². The van der Waals surface area contributed by atoms with Gasteiger partial charge in [-0.15, -0.1) is 0 Å². The smallest absolute Gasteiger partial charge is 0.251 e. The monoisotopic (exact) mass is 344 g/mol. The molecule has 0 aliphatic heterocycles. The van der Waals surface area contributed by atoms with Crippen LogP contribution in [0.15, 0.2) is 48.5 Å². The lowest BCUT2D eigenvalue weighted by molar-refractivity contribution is -0.116. The van der Waals surface area contributed by atoms with Gasteiger partial charge in [-0.05, 0) is 38.1 Å². The van der Waals surface area contributed by atoms with Crippen LogP contribution in [0.3, 0.4) is 0 Å². The number of ether oxygens (including phenoxy) is 1. The summed E-state index contributed by atoms with van der Waals surface area (Å²) in [7, 11) is 0. The number of carbonyl (C=O) groups excluding carboxylic acids is 2. The van der Waals surface area contributed by atoms with Gasteiger partial charge in [0.25, 0.3) is 5.91 Å². The first-order valence-electron chi connectivity index (χ1n) is 8.07. The van der Waals surface area contributed by atoms with Crippen molar-refractivity contribution in [3.63, 3.8) is 0 Å². The molecule has 1 unspecified atom stereocenters.